The maximum atomic E-state index is 6.18. The summed E-state index contributed by atoms with van der Waals surface area (Å²) in [5, 5.41) is 4.53. The Morgan fingerprint density at radius 3 is 2.79 bits per heavy atom. The van der Waals surface area contributed by atoms with Gasteiger partial charge in [0, 0.05) is 29.3 Å². The molecule has 106 valence electrons. The minimum atomic E-state index is 0.570. The second-order valence-corrected chi connectivity index (χ2v) is 6.22. The Hall–Kier alpha value is -0.730. The van der Waals surface area contributed by atoms with Crippen molar-refractivity contribution in [3.05, 3.63) is 28.8 Å². The fraction of sp³-hybridized carbons (Fsp3) is 0.625. The van der Waals surface area contributed by atoms with Gasteiger partial charge in [-0.15, -0.1) is 0 Å². The van der Waals surface area contributed by atoms with Crippen LogP contribution in [0.4, 0.5) is 5.69 Å². The summed E-state index contributed by atoms with van der Waals surface area (Å²) in [5.74, 6) is 0. The Labute approximate surface area is 122 Å². The summed E-state index contributed by atoms with van der Waals surface area (Å²) in [7, 11) is 0. The third kappa shape index (κ3) is 3.87. The molecule has 2 rings (SSSR count). The molecule has 0 spiro atoms. The number of benzene rings is 1. The molecule has 0 aliphatic carbocycles. The zero-order valence-corrected chi connectivity index (χ0v) is 13.0. The van der Waals surface area contributed by atoms with Gasteiger partial charge in [-0.2, -0.15) is 0 Å². The van der Waals surface area contributed by atoms with Crippen LogP contribution in [0.25, 0.3) is 0 Å². The molecule has 2 nitrogen and oxygen atoms in total. The minimum absolute atomic E-state index is 0.570. The third-order valence-electron chi connectivity index (χ3n) is 4.12. The maximum Gasteiger partial charge on any atom is 0.0455 e. The molecule has 1 aliphatic rings. The molecule has 0 bridgehead atoms. The van der Waals surface area contributed by atoms with Gasteiger partial charge < -0.3 is 10.2 Å². The Bertz CT molecular complexity index is 417. The molecule has 0 amide bonds. The summed E-state index contributed by atoms with van der Waals surface area (Å²) in [5.41, 5.74) is 2.35. The average Bonchev–Trinajstić information content (AvgIpc) is 2.60. The number of likely N-dealkylation sites (tertiary alicyclic amines) is 1. The first-order valence-corrected chi connectivity index (χ1v) is 7.71. The lowest BCUT2D eigenvalue weighted by atomic mass is 10.1. The Morgan fingerprint density at radius 2 is 2.05 bits per heavy atom. The maximum absolute atomic E-state index is 6.18. The minimum Gasteiger partial charge on any atom is -0.382 e. The van der Waals surface area contributed by atoms with Gasteiger partial charge in [0.25, 0.3) is 0 Å². The largest absolute Gasteiger partial charge is 0.382 e. The second-order valence-electron chi connectivity index (χ2n) is 5.81. The van der Waals surface area contributed by atoms with E-state index in [0.29, 0.717) is 12.1 Å². The predicted octanol–water partition coefficient (Wildman–Crippen LogP) is 4.32. The van der Waals surface area contributed by atoms with Crippen molar-refractivity contribution in [3.8, 4) is 0 Å². The highest BCUT2D eigenvalue weighted by Crippen LogP contribution is 2.25. The second kappa shape index (κ2) is 6.62. The van der Waals surface area contributed by atoms with Crippen molar-refractivity contribution in [3.63, 3.8) is 0 Å². The highest BCUT2D eigenvalue weighted by Gasteiger charge is 2.19. The van der Waals surface area contributed by atoms with E-state index in [1.165, 1.54) is 38.0 Å². The van der Waals surface area contributed by atoms with E-state index < -0.39 is 0 Å². The van der Waals surface area contributed by atoms with Crippen LogP contribution in [0.3, 0.4) is 0 Å². The zero-order chi connectivity index (χ0) is 13.8. The van der Waals surface area contributed by atoms with Gasteiger partial charge in [0.2, 0.25) is 0 Å². The number of anilines is 1. The molecule has 0 aromatic heterocycles. The van der Waals surface area contributed by atoms with Gasteiger partial charge in [-0.05, 0) is 64.3 Å². The van der Waals surface area contributed by atoms with Crippen molar-refractivity contribution in [2.75, 3.05) is 18.4 Å². The van der Waals surface area contributed by atoms with Gasteiger partial charge in [0.05, 0.1) is 0 Å². The molecule has 1 aromatic carbocycles. The van der Waals surface area contributed by atoms with Crippen LogP contribution in [-0.2, 0) is 0 Å². The fourth-order valence-corrected chi connectivity index (χ4v) is 2.94. The lowest BCUT2D eigenvalue weighted by Gasteiger charge is -2.24. The summed E-state index contributed by atoms with van der Waals surface area (Å²) in [6.45, 7) is 9.07. The number of halogens is 1. The molecule has 1 unspecified atom stereocenters. The molecule has 1 heterocycles. The Kier molecular flexibility index (Phi) is 5.12. The van der Waals surface area contributed by atoms with Crippen molar-refractivity contribution in [2.45, 2.75) is 52.1 Å². The first-order valence-electron chi connectivity index (χ1n) is 7.33. The van der Waals surface area contributed by atoms with E-state index in [9.17, 15) is 0 Å². The van der Waals surface area contributed by atoms with Gasteiger partial charge in [0.1, 0.15) is 0 Å². The quantitative estimate of drug-likeness (QED) is 0.887. The van der Waals surface area contributed by atoms with Crippen molar-refractivity contribution in [1.29, 1.82) is 0 Å². The van der Waals surface area contributed by atoms with Crippen molar-refractivity contribution in [1.82, 2.24) is 4.90 Å². The monoisotopic (exact) mass is 280 g/mol. The van der Waals surface area contributed by atoms with Gasteiger partial charge in [-0.3, -0.25) is 0 Å². The smallest absolute Gasteiger partial charge is 0.0455 e. The fourth-order valence-electron chi connectivity index (χ4n) is 2.76. The number of nitrogens with zero attached hydrogens (tertiary/aromatic N) is 1. The zero-order valence-electron chi connectivity index (χ0n) is 12.2. The summed E-state index contributed by atoms with van der Waals surface area (Å²) in [4.78, 5) is 2.58. The molecule has 1 aromatic rings. The van der Waals surface area contributed by atoms with E-state index in [2.05, 4.69) is 37.1 Å². The first-order chi connectivity index (χ1) is 9.08. The molecular weight excluding hydrogens is 256 g/mol. The number of hydrogen-bond acceptors (Lipinski definition) is 2. The summed E-state index contributed by atoms with van der Waals surface area (Å²) in [6.07, 6.45) is 3.73. The van der Waals surface area contributed by atoms with Crippen molar-refractivity contribution < 1.29 is 0 Å². The number of hydrogen-bond donors (Lipinski definition) is 1. The van der Waals surface area contributed by atoms with Crippen molar-refractivity contribution in [2.24, 2.45) is 0 Å². The Balaban J connectivity index is 1.98. The van der Waals surface area contributed by atoms with Crippen LogP contribution in [0, 0.1) is 6.92 Å². The third-order valence-corrected chi connectivity index (χ3v) is 4.53. The molecule has 3 heteroatoms. The van der Waals surface area contributed by atoms with Crippen LogP contribution in [-0.4, -0.2) is 30.1 Å². The highest BCUT2D eigenvalue weighted by molar-refractivity contribution is 6.31. The molecule has 1 atom stereocenters. The SMILES string of the molecule is Cc1c(Cl)cccc1NC1CCCN(C(C)C)CC1. The van der Waals surface area contributed by atoms with E-state index in [-0.39, 0.29) is 0 Å². The standard InChI is InChI=1S/C16H25ClN2/c1-12(2)19-10-5-6-14(9-11-19)18-16-8-4-7-15(17)13(16)3/h4,7-8,12,14,18H,5-6,9-11H2,1-3H3. The molecule has 0 radical (unpaired) electrons. The van der Waals surface area contributed by atoms with E-state index in [0.717, 1.165) is 10.6 Å². The summed E-state index contributed by atoms with van der Waals surface area (Å²) < 4.78 is 0. The van der Waals surface area contributed by atoms with Crippen LogP contribution in [0.15, 0.2) is 18.2 Å². The van der Waals surface area contributed by atoms with Crippen LogP contribution in [0.2, 0.25) is 5.02 Å². The van der Waals surface area contributed by atoms with Crippen molar-refractivity contribution >= 4 is 17.3 Å². The van der Waals surface area contributed by atoms with Crippen LogP contribution in [0.1, 0.15) is 38.7 Å². The van der Waals surface area contributed by atoms with E-state index >= 15 is 0 Å². The molecule has 19 heavy (non-hydrogen) atoms. The lowest BCUT2D eigenvalue weighted by molar-refractivity contribution is 0.230. The normalized spacial score (nSPS) is 21.4. The molecular formula is C16H25ClN2. The molecule has 0 saturated carbocycles. The van der Waals surface area contributed by atoms with Gasteiger partial charge in [0.15, 0.2) is 0 Å². The lowest BCUT2D eigenvalue weighted by Crippen LogP contribution is -2.32. The van der Waals surface area contributed by atoms with E-state index in [1.54, 1.807) is 0 Å². The highest BCUT2D eigenvalue weighted by atomic mass is 35.5. The van der Waals surface area contributed by atoms with Gasteiger partial charge in [-0.1, -0.05) is 17.7 Å². The summed E-state index contributed by atoms with van der Waals surface area (Å²) in [6, 6.07) is 7.34. The van der Waals surface area contributed by atoms with E-state index in [4.69, 9.17) is 11.6 Å². The first kappa shape index (κ1) is 14.7. The topological polar surface area (TPSA) is 15.3 Å². The number of rotatable bonds is 3. The average molecular weight is 281 g/mol. The van der Waals surface area contributed by atoms with E-state index in [1.807, 2.05) is 12.1 Å². The number of nitrogens with one attached hydrogen (secondary N) is 1. The predicted molar refractivity (Wildman–Crippen MR) is 84.2 cm³/mol. The Morgan fingerprint density at radius 1 is 1.26 bits per heavy atom. The summed E-state index contributed by atoms with van der Waals surface area (Å²) >= 11 is 6.18. The van der Waals surface area contributed by atoms with Crippen LogP contribution >= 0.6 is 11.6 Å². The molecule has 1 fully saturated rings. The van der Waals surface area contributed by atoms with Gasteiger partial charge >= 0.3 is 0 Å². The molecule has 1 saturated heterocycles. The van der Waals surface area contributed by atoms with Crippen LogP contribution < -0.4 is 5.32 Å². The molecule has 1 N–H and O–H groups in total. The van der Waals surface area contributed by atoms with Gasteiger partial charge in [-0.25, -0.2) is 0 Å². The molecule has 1 aliphatic heterocycles. The van der Waals surface area contributed by atoms with Crippen LogP contribution in [0.5, 0.6) is 0 Å².